The summed E-state index contributed by atoms with van der Waals surface area (Å²) in [4.78, 5) is 9.69. The number of anilines is 2. The van der Waals surface area contributed by atoms with Gasteiger partial charge >= 0.3 is 0 Å². The van der Waals surface area contributed by atoms with Crippen molar-refractivity contribution in [3.63, 3.8) is 0 Å². The quantitative estimate of drug-likeness (QED) is 0.597. The van der Waals surface area contributed by atoms with Crippen molar-refractivity contribution in [1.82, 2.24) is 14.3 Å². The monoisotopic (exact) mass is 464 g/mol. The van der Waals surface area contributed by atoms with Crippen LogP contribution in [0.5, 0.6) is 5.75 Å². The van der Waals surface area contributed by atoms with Crippen LogP contribution in [0.2, 0.25) is 0 Å². The van der Waals surface area contributed by atoms with Crippen molar-refractivity contribution < 1.29 is 22.3 Å². The predicted molar refractivity (Wildman–Crippen MR) is 115 cm³/mol. The van der Waals surface area contributed by atoms with Gasteiger partial charge in [0.25, 0.3) is 0 Å². The topological polar surface area (TPSA) is 93.7 Å². The summed E-state index contributed by atoms with van der Waals surface area (Å²) in [5.74, 6) is 0.0248. The Morgan fingerprint density at radius 1 is 1.32 bits per heavy atom. The molecule has 1 N–H and O–H groups in total. The van der Waals surface area contributed by atoms with Crippen molar-refractivity contribution in [2.24, 2.45) is 0 Å². The molecule has 0 spiro atoms. The summed E-state index contributed by atoms with van der Waals surface area (Å²) in [6.45, 7) is 2.35. The summed E-state index contributed by atoms with van der Waals surface area (Å²) in [5.41, 5.74) is 0.587. The van der Waals surface area contributed by atoms with E-state index < -0.39 is 21.9 Å². The molecule has 4 rings (SSSR count). The molecule has 1 saturated heterocycles. The standard InChI is InChI=1S/C20H21FN4O4S2/c1-13-11-22-20(30-13)24-19-5-3-4-15(23-19)17-12-25(8-9-29-17)31(26,27)18-10-14(21)6-7-16(18)28-2/h3-7,10-11,17H,8-9,12H2,1-2H3,(H,22,23,24). The zero-order valence-corrected chi connectivity index (χ0v) is 18.5. The summed E-state index contributed by atoms with van der Waals surface area (Å²) >= 11 is 1.51. The maximum atomic E-state index is 13.8. The van der Waals surface area contributed by atoms with Gasteiger partial charge < -0.3 is 14.8 Å². The summed E-state index contributed by atoms with van der Waals surface area (Å²) in [5, 5.41) is 3.86. The summed E-state index contributed by atoms with van der Waals surface area (Å²) in [6, 6.07) is 8.83. The Kier molecular flexibility index (Phi) is 6.19. The number of pyridine rings is 1. The third-order valence-corrected chi connectivity index (χ3v) is 7.44. The van der Waals surface area contributed by atoms with Crippen LogP contribution in [0.1, 0.15) is 16.7 Å². The van der Waals surface area contributed by atoms with Crippen LogP contribution >= 0.6 is 11.3 Å². The van der Waals surface area contributed by atoms with Gasteiger partial charge in [-0.3, -0.25) is 0 Å². The number of aromatic nitrogens is 2. The summed E-state index contributed by atoms with van der Waals surface area (Å²) in [7, 11) is -2.64. The number of sulfonamides is 1. The van der Waals surface area contributed by atoms with Gasteiger partial charge in [0.2, 0.25) is 10.0 Å². The average Bonchev–Trinajstić information content (AvgIpc) is 3.18. The molecule has 11 heteroatoms. The van der Waals surface area contributed by atoms with E-state index in [1.807, 2.05) is 13.0 Å². The fourth-order valence-electron chi connectivity index (χ4n) is 3.24. The molecule has 3 aromatic rings. The van der Waals surface area contributed by atoms with E-state index >= 15 is 0 Å². The zero-order valence-electron chi connectivity index (χ0n) is 16.9. The third kappa shape index (κ3) is 4.69. The number of ether oxygens (including phenoxy) is 2. The lowest BCUT2D eigenvalue weighted by Gasteiger charge is -2.32. The van der Waals surface area contributed by atoms with Crippen molar-refractivity contribution in [2.45, 2.75) is 17.9 Å². The number of nitrogens with one attached hydrogen (secondary N) is 1. The number of halogens is 1. The fraction of sp³-hybridized carbons (Fsp3) is 0.300. The van der Waals surface area contributed by atoms with Crippen LogP contribution in [0.4, 0.5) is 15.3 Å². The second kappa shape index (κ2) is 8.87. The average molecular weight is 465 g/mol. The van der Waals surface area contributed by atoms with Crippen molar-refractivity contribution >= 4 is 32.3 Å². The number of aryl methyl sites for hydroxylation is 1. The Bertz CT molecular complexity index is 1190. The lowest BCUT2D eigenvalue weighted by molar-refractivity contribution is -0.00489. The van der Waals surface area contributed by atoms with Gasteiger partial charge in [-0.15, -0.1) is 11.3 Å². The van der Waals surface area contributed by atoms with Crippen molar-refractivity contribution in [1.29, 1.82) is 0 Å². The molecule has 0 bridgehead atoms. The number of nitrogens with zero attached hydrogens (tertiary/aromatic N) is 3. The largest absolute Gasteiger partial charge is 0.495 e. The number of morpholine rings is 1. The molecule has 1 aromatic carbocycles. The number of rotatable bonds is 6. The number of methoxy groups -OCH3 is 1. The molecule has 1 aliphatic rings. The second-order valence-corrected chi connectivity index (χ2v) is 10.0. The van der Waals surface area contributed by atoms with E-state index in [1.165, 1.54) is 28.8 Å². The number of hydrogen-bond donors (Lipinski definition) is 1. The van der Waals surface area contributed by atoms with E-state index in [-0.39, 0.29) is 30.3 Å². The third-order valence-electron chi connectivity index (χ3n) is 4.73. The van der Waals surface area contributed by atoms with Crippen LogP contribution in [-0.2, 0) is 14.8 Å². The van der Waals surface area contributed by atoms with Gasteiger partial charge in [-0.05, 0) is 37.3 Å². The second-order valence-electron chi connectivity index (χ2n) is 6.87. The van der Waals surface area contributed by atoms with Crippen LogP contribution in [0.25, 0.3) is 0 Å². The van der Waals surface area contributed by atoms with Crippen molar-refractivity contribution in [2.75, 3.05) is 32.1 Å². The van der Waals surface area contributed by atoms with Crippen LogP contribution < -0.4 is 10.1 Å². The maximum Gasteiger partial charge on any atom is 0.247 e. The van der Waals surface area contributed by atoms with Gasteiger partial charge in [-0.2, -0.15) is 4.31 Å². The van der Waals surface area contributed by atoms with E-state index in [4.69, 9.17) is 9.47 Å². The van der Waals surface area contributed by atoms with Crippen molar-refractivity contribution in [3.8, 4) is 5.75 Å². The van der Waals surface area contributed by atoms with Gasteiger partial charge in [-0.1, -0.05) is 6.07 Å². The van der Waals surface area contributed by atoms with Crippen molar-refractivity contribution in [3.05, 3.63) is 59.0 Å². The smallest absolute Gasteiger partial charge is 0.247 e. The molecule has 164 valence electrons. The lowest BCUT2D eigenvalue weighted by atomic mass is 10.2. The molecule has 1 aliphatic heterocycles. The molecule has 2 aromatic heterocycles. The first kappa shape index (κ1) is 21.6. The van der Waals surface area contributed by atoms with Gasteiger partial charge in [0, 0.05) is 24.2 Å². The molecule has 0 saturated carbocycles. The van der Waals surface area contributed by atoms with Gasteiger partial charge in [-0.25, -0.2) is 22.8 Å². The van der Waals surface area contributed by atoms with Crippen LogP contribution in [0.3, 0.4) is 0 Å². The van der Waals surface area contributed by atoms with E-state index in [9.17, 15) is 12.8 Å². The molecule has 3 heterocycles. The molecule has 31 heavy (non-hydrogen) atoms. The number of benzene rings is 1. The summed E-state index contributed by atoms with van der Waals surface area (Å²) in [6.07, 6.45) is 1.20. The number of thiazole rings is 1. The predicted octanol–water partition coefficient (Wildman–Crippen LogP) is 3.50. The molecular formula is C20H21FN4O4S2. The lowest BCUT2D eigenvalue weighted by Crippen LogP contribution is -2.42. The molecule has 0 aliphatic carbocycles. The highest BCUT2D eigenvalue weighted by molar-refractivity contribution is 7.89. The minimum Gasteiger partial charge on any atom is -0.495 e. The first-order valence-electron chi connectivity index (χ1n) is 9.48. The highest BCUT2D eigenvalue weighted by Crippen LogP contribution is 2.31. The molecule has 0 amide bonds. The molecule has 0 radical (unpaired) electrons. The molecule has 8 nitrogen and oxygen atoms in total. The first-order chi connectivity index (χ1) is 14.9. The SMILES string of the molecule is COc1ccc(F)cc1S(=O)(=O)N1CCOC(c2cccc(Nc3ncc(C)s3)n2)C1. The Hall–Kier alpha value is -2.60. The maximum absolute atomic E-state index is 13.8. The van der Waals surface area contributed by atoms with Crippen LogP contribution in [0, 0.1) is 12.7 Å². The van der Waals surface area contributed by atoms with E-state index in [1.54, 1.807) is 18.3 Å². The summed E-state index contributed by atoms with van der Waals surface area (Å²) < 4.78 is 52.3. The Morgan fingerprint density at radius 2 is 2.16 bits per heavy atom. The van der Waals surface area contributed by atoms with Gasteiger partial charge in [0.1, 0.15) is 28.4 Å². The Balaban J connectivity index is 1.56. The minimum atomic E-state index is -3.99. The molecule has 1 fully saturated rings. The van der Waals surface area contributed by atoms with Crippen LogP contribution in [0.15, 0.2) is 47.5 Å². The van der Waals surface area contributed by atoms with Gasteiger partial charge in [0.15, 0.2) is 5.13 Å². The molecule has 1 unspecified atom stereocenters. The first-order valence-corrected chi connectivity index (χ1v) is 11.7. The number of hydrogen-bond acceptors (Lipinski definition) is 8. The zero-order chi connectivity index (χ0) is 22.0. The Morgan fingerprint density at radius 3 is 2.90 bits per heavy atom. The van der Waals surface area contributed by atoms with Gasteiger partial charge in [0.05, 0.1) is 19.4 Å². The molecule has 1 atom stereocenters. The highest BCUT2D eigenvalue weighted by Gasteiger charge is 2.34. The van der Waals surface area contributed by atoms with E-state index in [2.05, 4.69) is 15.3 Å². The fourth-order valence-corrected chi connectivity index (χ4v) is 5.50. The molecular weight excluding hydrogens is 443 g/mol. The minimum absolute atomic E-state index is 0.0504. The van der Waals surface area contributed by atoms with E-state index in [0.717, 1.165) is 17.0 Å². The highest BCUT2D eigenvalue weighted by atomic mass is 32.2. The van der Waals surface area contributed by atoms with Crippen LogP contribution in [-0.4, -0.2) is 49.5 Å². The van der Waals surface area contributed by atoms with E-state index in [0.29, 0.717) is 16.6 Å². The Labute approximate surface area is 183 Å². The normalized spacial score (nSPS) is 17.5.